The molecule has 0 aliphatic carbocycles. The maximum absolute atomic E-state index is 12.4. The summed E-state index contributed by atoms with van der Waals surface area (Å²) in [6.07, 6.45) is 4.69. The van der Waals surface area contributed by atoms with E-state index in [1.54, 1.807) is 24.4 Å². The van der Waals surface area contributed by atoms with Crippen LogP contribution in [0.2, 0.25) is 0 Å². The summed E-state index contributed by atoms with van der Waals surface area (Å²) >= 11 is 0. The maximum Gasteiger partial charge on any atom is 0.270 e. The molecule has 2 saturated heterocycles. The van der Waals surface area contributed by atoms with Crippen LogP contribution in [0.4, 0.5) is 0 Å². The fourth-order valence-corrected chi connectivity index (χ4v) is 3.22. The Hall–Kier alpha value is -1.37. The van der Waals surface area contributed by atoms with E-state index in [0.29, 0.717) is 11.7 Å². The molecule has 0 aromatic carbocycles. The van der Waals surface area contributed by atoms with E-state index in [-0.39, 0.29) is 49.2 Å². The molecule has 23 heavy (non-hydrogen) atoms. The molecular formula is C15H22Cl2N4O2. The molecule has 2 aliphatic heterocycles. The summed E-state index contributed by atoms with van der Waals surface area (Å²) in [6.45, 7) is 1.87. The molecule has 2 amide bonds. The average Bonchev–Trinajstić information content (AvgIpc) is 2.78. The first-order valence-corrected chi connectivity index (χ1v) is 7.47. The van der Waals surface area contributed by atoms with E-state index in [2.05, 4.69) is 15.6 Å². The highest BCUT2D eigenvalue weighted by Gasteiger charge is 2.37. The lowest BCUT2D eigenvalue weighted by molar-refractivity contribution is -0.132. The van der Waals surface area contributed by atoms with E-state index in [9.17, 15) is 9.59 Å². The van der Waals surface area contributed by atoms with Gasteiger partial charge in [-0.2, -0.15) is 0 Å². The monoisotopic (exact) mass is 360 g/mol. The van der Waals surface area contributed by atoms with Crippen LogP contribution in [-0.2, 0) is 4.79 Å². The topological polar surface area (TPSA) is 74.3 Å². The number of nitrogens with zero attached hydrogens (tertiary/aromatic N) is 2. The summed E-state index contributed by atoms with van der Waals surface area (Å²) in [5.74, 6) is -0.292. The van der Waals surface area contributed by atoms with Crippen LogP contribution in [0, 0.1) is 0 Å². The second-order valence-electron chi connectivity index (χ2n) is 5.58. The largest absolute Gasteiger partial charge is 0.342 e. The quantitative estimate of drug-likeness (QED) is 0.843. The maximum atomic E-state index is 12.4. The van der Waals surface area contributed by atoms with E-state index in [0.717, 1.165) is 32.4 Å². The van der Waals surface area contributed by atoms with Gasteiger partial charge in [0.25, 0.3) is 5.91 Å². The molecule has 3 heterocycles. The van der Waals surface area contributed by atoms with Crippen molar-refractivity contribution in [3.63, 3.8) is 0 Å². The average molecular weight is 361 g/mol. The Labute approximate surface area is 148 Å². The molecule has 1 aromatic heterocycles. The Morgan fingerprint density at radius 2 is 2.00 bits per heavy atom. The molecular weight excluding hydrogens is 339 g/mol. The Bertz CT molecular complexity index is 515. The highest BCUT2D eigenvalue weighted by molar-refractivity contribution is 5.94. The number of aromatic nitrogens is 1. The van der Waals surface area contributed by atoms with Gasteiger partial charge in [0.2, 0.25) is 5.91 Å². The molecule has 0 spiro atoms. The van der Waals surface area contributed by atoms with Crippen molar-refractivity contribution < 1.29 is 9.59 Å². The van der Waals surface area contributed by atoms with Crippen molar-refractivity contribution in [2.24, 2.45) is 0 Å². The zero-order valence-corrected chi connectivity index (χ0v) is 14.4. The third-order valence-corrected chi connectivity index (χ3v) is 4.24. The van der Waals surface area contributed by atoms with Crippen molar-refractivity contribution in [1.82, 2.24) is 20.5 Å². The summed E-state index contributed by atoms with van der Waals surface area (Å²) in [7, 11) is 0. The number of amides is 2. The highest BCUT2D eigenvalue weighted by atomic mass is 35.5. The Morgan fingerprint density at radius 3 is 2.74 bits per heavy atom. The van der Waals surface area contributed by atoms with Crippen LogP contribution < -0.4 is 10.6 Å². The normalized spacial score (nSPS) is 22.3. The SMILES string of the molecule is Cl.Cl.O=C(NCC(=O)N1C2CCNCC1CC2)c1ccccn1. The van der Waals surface area contributed by atoms with Gasteiger partial charge >= 0.3 is 0 Å². The van der Waals surface area contributed by atoms with Gasteiger partial charge in [0.1, 0.15) is 5.69 Å². The molecule has 2 N–H and O–H groups in total. The summed E-state index contributed by atoms with van der Waals surface area (Å²) in [6, 6.07) is 5.74. The van der Waals surface area contributed by atoms with Crippen molar-refractivity contribution in [1.29, 1.82) is 0 Å². The number of halogens is 2. The van der Waals surface area contributed by atoms with Crippen LogP contribution in [0.1, 0.15) is 29.8 Å². The molecule has 8 heteroatoms. The number of carbonyl (C=O) groups is 2. The number of hydrogen-bond donors (Lipinski definition) is 2. The predicted molar refractivity (Wildman–Crippen MR) is 92.2 cm³/mol. The highest BCUT2D eigenvalue weighted by Crippen LogP contribution is 2.27. The minimum atomic E-state index is -0.302. The first kappa shape index (κ1) is 19.7. The van der Waals surface area contributed by atoms with E-state index in [1.807, 2.05) is 4.90 Å². The second kappa shape index (κ2) is 9.05. The zero-order chi connectivity index (χ0) is 14.7. The number of fused-ring (bicyclic) bond motifs is 2. The van der Waals surface area contributed by atoms with Crippen LogP contribution >= 0.6 is 24.8 Å². The van der Waals surface area contributed by atoms with Crippen molar-refractivity contribution in [2.75, 3.05) is 19.6 Å². The van der Waals surface area contributed by atoms with Crippen LogP contribution in [0.3, 0.4) is 0 Å². The van der Waals surface area contributed by atoms with Crippen LogP contribution in [0.5, 0.6) is 0 Å². The lowest BCUT2D eigenvalue weighted by Gasteiger charge is -2.28. The van der Waals surface area contributed by atoms with Crippen molar-refractivity contribution >= 4 is 36.6 Å². The fourth-order valence-electron chi connectivity index (χ4n) is 3.22. The summed E-state index contributed by atoms with van der Waals surface area (Å²) in [5, 5.41) is 6.04. The lowest BCUT2D eigenvalue weighted by Crippen LogP contribution is -2.47. The number of rotatable bonds is 3. The van der Waals surface area contributed by atoms with Gasteiger partial charge in [0, 0.05) is 24.8 Å². The van der Waals surface area contributed by atoms with Gasteiger partial charge in [0.05, 0.1) is 6.54 Å². The third kappa shape index (κ3) is 4.56. The van der Waals surface area contributed by atoms with Crippen LogP contribution in [0.25, 0.3) is 0 Å². The molecule has 6 nitrogen and oxygen atoms in total. The van der Waals surface area contributed by atoms with Crippen LogP contribution in [0.15, 0.2) is 24.4 Å². The molecule has 128 valence electrons. The smallest absolute Gasteiger partial charge is 0.270 e. The minimum absolute atomic E-state index is 0. The molecule has 0 saturated carbocycles. The van der Waals surface area contributed by atoms with Crippen molar-refractivity contribution in [2.45, 2.75) is 31.3 Å². The van der Waals surface area contributed by atoms with E-state index in [4.69, 9.17) is 0 Å². The van der Waals surface area contributed by atoms with Crippen molar-refractivity contribution in [3.05, 3.63) is 30.1 Å². The minimum Gasteiger partial charge on any atom is -0.342 e. The Kier molecular flexibility index (Phi) is 7.75. The number of pyridine rings is 1. The first-order valence-electron chi connectivity index (χ1n) is 7.47. The number of hydrogen-bond acceptors (Lipinski definition) is 4. The van der Waals surface area contributed by atoms with Gasteiger partial charge in [-0.05, 0) is 37.9 Å². The lowest BCUT2D eigenvalue weighted by atomic mass is 10.1. The van der Waals surface area contributed by atoms with Gasteiger partial charge in [-0.25, -0.2) is 0 Å². The molecule has 2 bridgehead atoms. The predicted octanol–water partition coefficient (Wildman–Crippen LogP) is 1.01. The first-order chi connectivity index (χ1) is 10.3. The number of nitrogens with one attached hydrogen (secondary N) is 2. The molecule has 2 atom stereocenters. The fraction of sp³-hybridized carbons (Fsp3) is 0.533. The molecule has 2 unspecified atom stereocenters. The molecule has 0 radical (unpaired) electrons. The van der Waals surface area contributed by atoms with Gasteiger partial charge in [-0.3, -0.25) is 14.6 Å². The third-order valence-electron chi connectivity index (χ3n) is 4.24. The Balaban J connectivity index is 0.00000132. The summed E-state index contributed by atoms with van der Waals surface area (Å²) in [4.78, 5) is 30.3. The zero-order valence-electron chi connectivity index (χ0n) is 12.7. The second-order valence-corrected chi connectivity index (χ2v) is 5.58. The van der Waals surface area contributed by atoms with Crippen LogP contribution in [-0.4, -0.2) is 53.4 Å². The molecule has 2 aliphatic rings. The summed E-state index contributed by atoms with van der Waals surface area (Å²) in [5.41, 5.74) is 0.339. The van der Waals surface area contributed by atoms with E-state index < -0.39 is 0 Å². The standard InChI is InChI=1S/C15H20N4O2.2ClH/c20-14(10-18-15(21)13-3-1-2-7-17-13)19-11-4-5-12(19)9-16-8-6-11;;/h1-3,7,11-12,16H,4-6,8-10H2,(H,18,21);2*1H. The number of carbonyl (C=O) groups excluding carboxylic acids is 2. The Morgan fingerprint density at radius 1 is 1.22 bits per heavy atom. The summed E-state index contributed by atoms with van der Waals surface area (Å²) < 4.78 is 0. The van der Waals surface area contributed by atoms with Crippen molar-refractivity contribution in [3.8, 4) is 0 Å². The van der Waals surface area contributed by atoms with E-state index in [1.165, 1.54) is 0 Å². The molecule has 3 rings (SSSR count). The van der Waals surface area contributed by atoms with Gasteiger partial charge < -0.3 is 15.5 Å². The van der Waals surface area contributed by atoms with E-state index >= 15 is 0 Å². The van der Waals surface area contributed by atoms with Gasteiger partial charge in [-0.15, -0.1) is 24.8 Å². The molecule has 1 aromatic rings. The van der Waals surface area contributed by atoms with Gasteiger partial charge in [0.15, 0.2) is 0 Å². The molecule has 2 fully saturated rings. The van der Waals surface area contributed by atoms with Gasteiger partial charge in [-0.1, -0.05) is 6.07 Å².